The maximum atomic E-state index is 12.3. The molecule has 0 radical (unpaired) electrons. The molecular weight excluding hydrogens is 360 g/mol. The third-order valence-corrected chi connectivity index (χ3v) is 5.76. The van der Waals surface area contributed by atoms with Crippen LogP contribution < -0.4 is 9.46 Å². The summed E-state index contributed by atoms with van der Waals surface area (Å²) in [6.45, 7) is 0.966. The number of nitrogens with one attached hydrogen (secondary N) is 1. The number of aliphatic hydroxyl groups is 1. The summed E-state index contributed by atoms with van der Waals surface area (Å²) in [6.07, 6.45) is 1.36. The molecule has 0 aliphatic carbocycles. The van der Waals surface area contributed by atoms with Gasteiger partial charge in [0.1, 0.15) is 5.75 Å². The van der Waals surface area contributed by atoms with E-state index in [4.69, 9.17) is 9.84 Å². The van der Waals surface area contributed by atoms with Gasteiger partial charge in [-0.25, -0.2) is 0 Å². The van der Waals surface area contributed by atoms with Crippen molar-refractivity contribution in [3.05, 3.63) is 22.7 Å². The molecule has 0 unspecified atom stereocenters. The van der Waals surface area contributed by atoms with Gasteiger partial charge in [0.25, 0.3) is 0 Å². The number of benzene rings is 1. The van der Waals surface area contributed by atoms with Gasteiger partial charge in [-0.15, -0.1) is 0 Å². The monoisotopic (exact) mass is 378 g/mol. The van der Waals surface area contributed by atoms with E-state index in [0.29, 0.717) is 37.4 Å². The summed E-state index contributed by atoms with van der Waals surface area (Å²) >= 11 is 3.33. The highest BCUT2D eigenvalue weighted by Crippen LogP contribution is 2.29. The zero-order valence-corrected chi connectivity index (χ0v) is 14.2. The summed E-state index contributed by atoms with van der Waals surface area (Å²) < 4.78 is 34.5. The van der Waals surface area contributed by atoms with Crippen molar-refractivity contribution in [1.29, 1.82) is 0 Å². The zero-order valence-electron chi connectivity index (χ0n) is 11.8. The number of ether oxygens (including phenoxy) is 1. The van der Waals surface area contributed by atoms with E-state index in [0.717, 1.165) is 4.47 Å². The highest BCUT2D eigenvalue weighted by atomic mass is 79.9. The summed E-state index contributed by atoms with van der Waals surface area (Å²) in [4.78, 5) is 0. The minimum absolute atomic E-state index is 0.116. The average molecular weight is 379 g/mol. The smallest absolute Gasteiger partial charge is 0.301 e. The third-order valence-electron chi connectivity index (χ3n) is 3.57. The van der Waals surface area contributed by atoms with E-state index in [1.165, 1.54) is 11.4 Å². The SMILES string of the molecule is COc1cc(NS(=O)(=O)N2CCC(CO)CC2)ccc1Br. The second-order valence-electron chi connectivity index (χ2n) is 4.98. The molecular formula is C13H19BrN2O4S. The minimum atomic E-state index is -3.58. The quantitative estimate of drug-likeness (QED) is 0.818. The number of halogens is 1. The maximum Gasteiger partial charge on any atom is 0.301 e. The molecule has 2 N–H and O–H groups in total. The Kier molecular flexibility index (Phi) is 5.48. The van der Waals surface area contributed by atoms with Gasteiger partial charge in [-0.05, 0) is 46.8 Å². The first-order chi connectivity index (χ1) is 9.96. The van der Waals surface area contributed by atoms with E-state index < -0.39 is 10.2 Å². The van der Waals surface area contributed by atoms with Crippen LogP contribution in [-0.4, -0.2) is 44.6 Å². The van der Waals surface area contributed by atoms with E-state index in [-0.39, 0.29) is 12.5 Å². The van der Waals surface area contributed by atoms with Crippen LogP contribution in [-0.2, 0) is 10.2 Å². The molecule has 0 amide bonds. The highest BCUT2D eigenvalue weighted by Gasteiger charge is 2.27. The van der Waals surface area contributed by atoms with Gasteiger partial charge < -0.3 is 9.84 Å². The molecule has 1 fully saturated rings. The summed E-state index contributed by atoms with van der Waals surface area (Å²) in [7, 11) is -2.05. The Morgan fingerprint density at radius 3 is 2.67 bits per heavy atom. The fourth-order valence-electron chi connectivity index (χ4n) is 2.27. The van der Waals surface area contributed by atoms with Crippen LogP contribution in [0.15, 0.2) is 22.7 Å². The Balaban J connectivity index is 2.07. The molecule has 6 nitrogen and oxygen atoms in total. The Bertz CT molecular complexity index is 586. The summed E-state index contributed by atoms with van der Waals surface area (Å²) in [6, 6.07) is 5.03. The van der Waals surface area contributed by atoms with E-state index in [1.807, 2.05) is 0 Å². The molecule has 0 atom stereocenters. The molecule has 21 heavy (non-hydrogen) atoms. The predicted molar refractivity (Wildman–Crippen MR) is 84.6 cm³/mol. The zero-order chi connectivity index (χ0) is 15.5. The van der Waals surface area contributed by atoms with E-state index in [2.05, 4.69) is 20.7 Å². The number of methoxy groups -OCH3 is 1. The molecule has 8 heteroatoms. The second-order valence-corrected chi connectivity index (χ2v) is 7.51. The number of hydrogen-bond donors (Lipinski definition) is 2. The molecule has 1 aromatic carbocycles. The van der Waals surface area contributed by atoms with Crippen molar-refractivity contribution in [2.45, 2.75) is 12.8 Å². The van der Waals surface area contributed by atoms with Gasteiger partial charge in [-0.1, -0.05) is 0 Å². The number of rotatable bonds is 5. The van der Waals surface area contributed by atoms with Crippen LogP contribution in [0, 0.1) is 5.92 Å². The standard InChI is InChI=1S/C13H19BrN2O4S/c1-20-13-8-11(2-3-12(13)14)15-21(18,19)16-6-4-10(9-17)5-7-16/h2-3,8,10,15,17H,4-7,9H2,1H3. The van der Waals surface area contributed by atoms with Crippen LogP contribution in [0.5, 0.6) is 5.75 Å². The molecule has 2 rings (SSSR count). The lowest BCUT2D eigenvalue weighted by Crippen LogP contribution is -2.42. The van der Waals surface area contributed by atoms with Gasteiger partial charge in [0, 0.05) is 25.8 Å². The first kappa shape index (κ1) is 16.5. The Labute approximate surface area is 133 Å². The van der Waals surface area contributed by atoms with Crippen molar-refractivity contribution in [3.8, 4) is 5.75 Å². The normalized spacial score (nSPS) is 17.7. The van der Waals surface area contributed by atoms with Crippen molar-refractivity contribution in [3.63, 3.8) is 0 Å². The molecule has 1 aromatic rings. The Hall–Kier alpha value is -0.830. The number of nitrogens with zero attached hydrogens (tertiary/aromatic N) is 1. The Morgan fingerprint density at radius 2 is 2.10 bits per heavy atom. The molecule has 0 aromatic heterocycles. The molecule has 1 heterocycles. The molecule has 0 bridgehead atoms. The molecule has 1 saturated heterocycles. The average Bonchev–Trinajstić information content (AvgIpc) is 2.49. The first-order valence-electron chi connectivity index (χ1n) is 6.68. The van der Waals surface area contributed by atoms with Gasteiger partial charge in [0.05, 0.1) is 17.3 Å². The van der Waals surface area contributed by atoms with Gasteiger partial charge in [-0.3, -0.25) is 4.72 Å². The van der Waals surface area contributed by atoms with Gasteiger partial charge in [0.2, 0.25) is 0 Å². The van der Waals surface area contributed by atoms with Crippen molar-refractivity contribution < 1.29 is 18.3 Å². The van der Waals surface area contributed by atoms with Crippen molar-refractivity contribution >= 4 is 31.8 Å². The van der Waals surface area contributed by atoms with E-state index in [1.54, 1.807) is 18.2 Å². The van der Waals surface area contributed by atoms with Crippen LogP contribution in [0.25, 0.3) is 0 Å². The van der Waals surface area contributed by atoms with Gasteiger partial charge in [0.15, 0.2) is 0 Å². The number of piperidine rings is 1. The summed E-state index contributed by atoms with van der Waals surface area (Å²) in [5.41, 5.74) is 0.458. The lowest BCUT2D eigenvalue weighted by atomic mass is 10.00. The molecule has 118 valence electrons. The molecule has 1 aliphatic rings. The predicted octanol–water partition coefficient (Wildman–Crippen LogP) is 1.82. The topological polar surface area (TPSA) is 78.9 Å². The third kappa shape index (κ3) is 4.09. The fourth-order valence-corrected chi connectivity index (χ4v) is 3.92. The number of anilines is 1. The summed E-state index contributed by atoms with van der Waals surface area (Å²) in [5.74, 6) is 0.762. The van der Waals surface area contributed by atoms with E-state index in [9.17, 15) is 8.42 Å². The largest absolute Gasteiger partial charge is 0.495 e. The molecule has 0 saturated carbocycles. The van der Waals surface area contributed by atoms with Crippen LogP contribution in [0.3, 0.4) is 0 Å². The number of hydrogen-bond acceptors (Lipinski definition) is 4. The van der Waals surface area contributed by atoms with Crippen LogP contribution in [0.2, 0.25) is 0 Å². The highest BCUT2D eigenvalue weighted by molar-refractivity contribution is 9.10. The summed E-state index contributed by atoms with van der Waals surface area (Å²) in [5, 5.41) is 9.10. The lowest BCUT2D eigenvalue weighted by molar-refractivity contribution is 0.170. The van der Waals surface area contributed by atoms with Gasteiger partial charge >= 0.3 is 10.2 Å². The van der Waals surface area contributed by atoms with Crippen LogP contribution >= 0.6 is 15.9 Å². The van der Waals surface area contributed by atoms with Crippen LogP contribution in [0.1, 0.15) is 12.8 Å². The molecule has 1 aliphatic heterocycles. The van der Waals surface area contributed by atoms with E-state index >= 15 is 0 Å². The Morgan fingerprint density at radius 1 is 1.43 bits per heavy atom. The maximum absolute atomic E-state index is 12.3. The van der Waals surface area contributed by atoms with Crippen molar-refractivity contribution in [1.82, 2.24) is 4.31 Å². The number of aliphatic hydroxyl groups excluding tert-OH is 1. The first-order valence-corrected chi connectivity index (χ1v) is 8.92. The van der Waals surface area contributed by atoms with Crippen molar-refractivity contribution in [2.75, 3.05) is 31.5 Å². The minimum Gasteiger partial charge on any atom is -0.495 e. The fraction of sp³-hybridized carbons (Fsp3) is 0.538. The van der Waals surface area contributed by atoms with Crippen molar-refractivity contribution in [2.24, 2.45) is 5.92 Å². The van der Waals surface area contributed by atoms with Crippen LogP contribution in [0.4, 0.5) is 5.69 Å². The lowest BCUT2D eigenvalue weighted by Gasteiger charge is -2.30. The second kappa shape index (κ2) is 6.95. The van der Waals surface area contributed by atoms with Gasteiger partial charge in [-0.2, -0.15) is 12.7 Å². The molecule has 0 spiro atoms.